The van der Waals surface area contributed by atoms with Crippen molar-refractivity contribution in [1.82, 2.24) is 14.2 Å². The monoisotopic (exact) mass is 649 g/mol. The van der Waals surface area contributed by atoms with Crippen LogP contribution in [0.5, 0.6) is 0 Å². The van der Waals surface area contributed by atoms with E-state index in [1.807, 2.05) is 13.8 Å². The Morgan fingerprint density at radius 3 is 2.02 bits per heavy atom. The Hall–Kier alpha value is -3.97. The maximum absolute atomic E-state index is 13.4. The number of rotatable bonds is 5. The molecule has 0 bridgehead atoms. The zero-order valence-corrected chi connectivity index (χ0v) is 25.1. The lowest BCUT2D eigenvalue weighted by Gasteiger charge is -2.22. The van der Waals surface area contributed by atoms with Crippen LogP contribution >= 0.6 is 0 Å². The Morgan fingerprint density at radius 1 is 0.778 bits per heavy atom. The molecule has 1 saturated heterocycles. The van der Waals surface area contributed by atoms with E-state index in [1.165, 1.54) is 34.6 Å². The Labute approximate surface area is 256 Å². The minimum absolute atomic E-state index is 0.0595. The summed E-state index contributed by atoms with van der Waals surface area (Å²) in [5, 5.41) is 0.455. The average Bonchev–Trinajstić information content (AvgIpc) is 3.26. The van der Waals surface area contributed by atoms with E-state index < -0.39 is 33.5 Å². The maximum Gasteiger partial charge on any atom is 0.416 e. The first-order valence-corrected chi connectivity index (χ1v) is 15.6. The fourth-order valence-electron chi connectivity index (χ4n) is 5.22. The highest BCUT2D eigenvalue weighted by atomic mass is 32.2. The van der Waals surface area contributed by atoms with Gasteiger partial charge in [0.25, 0.3) is 5.91 Å². The number of benzene rings is 3. The molecular weight excluding hydrogens is 620 g/mol. The fourth-order valence-corrected chi connectivity index (χ4v) is 6.69. The topological polar surface area (TPSA) is 70.6 Å². The smallest absolute Gasteiger partial charge is 0.337 e. The lowest BCUT2D eigenvalue weighted by atomic mass is 10.0. The van der Waals surface area contributed by atoms with Gasteiger partial charge in [-0.2, -0.15) is 30.6 Å². The van der Waals surface area contributed by atoms with Crippen molar-refractivity contribution in [3.8, 4) is 11.3 Å². The van der Waals surface area contributed by atoms with Gasteiger partial charge in [-0.15, -0.1) is 0 Å². The average molecular weight is 650 g/mol. The molecule has 1 aromatic heterocycles. The van der Waals surface area contributed by atoms with Gasteiger partial charge in [0, 0.05) is 42.7 Å². The predicted octanol–water partition coefficient (Wildman–Crippen LogP) is 7.60. The third-order valence-corrected chi connectivity index (χ3v) is 9.66. The molecule has 0 atom stereocenters. The Balaban J connectivity index is 1.34. The van der Waals surface area contributed by atoms with Crippen LogP contribution in [0.3, 0.4) is 0 Å². The van der Waals surface area contributed by atoms with Crippen molar-refractivity contribution in [3.05, 3.63) is 95.1 Å². The zero-order chi connectivity index (χ0) is 32.7. The number of amides is 1. The Morgan fingerprint density at radius 2 is 1.42 bits per heavy atom. The molecule has 1 aliphatic heterocycles. The summed E-state index contributed by atoms with van der Waals surface area (Å²) in [6, 6.07) is 15.3. The lowest BCUT2D eigenvalue weighted by molar-refractivity contribution is -0.143. The van der Waals surface area contributed by atoms with Crippen molar-refractivity contribution in [2.75, 3.05) is 26.2 Å². The van der Waals surface area contributed by atoms with Gasteiger partial charge < -0.3 is 4.90 Å². The first kappa shape index (κ1) is 32.4. The summed E-state index contributed by atoms with van der Waals surface area (Å²) < 4.78 is 108. The van der Waals surface area contributed by atoms with Crippen LogP contribution in [-0.4, -0.2) is 54.7 Å². The second-order valence-electron chi connectivity index (χ2n) is 11.2. The van der Waals surface area contributed by atoms with E-state index >= 15 is 0 Å². The molecule has 1 fully saturated rings. The molecule has 238 valence electrons. The molecular formula is C32H29F6N3O3S. The van der Waals surface area contributed by atoms with Crippen molar-refractivity contribution < 1.29 is 39.6 Å². The van der Waals surface area contributed by atoms with Crippen LogP contribution in [0, 0.1) is 0 Å². The minimum atomic E-state index is -4.99. The highest BCUT2D eigenvalue weighted by Gasteiger charge is 2.37. The molecule has 1 aliphatic rings. The van der Waals surface area contributed by atoms with E-state index in [9.17, 15) is 39.6 Å². The second kappa shape index (κ2) is 12.1. The van der Waals surface area contributed by atoms with Gasteiger partial charge in [-0.1, -0.05) is 32.0 Å². The summed E-state index contributed by atoms with van der Waals surface area (Å²) in [6.45, 7) is 4.87. The van der Waals surface area contributed by atoms with Crippen molar-refractivity contribution in [2.45, 2.75) is 43.4 Å². The number of hydrogen-bond donors (Lipinski definition) is 0. The number of carbonyl (C=O) groups excluding carboxylic acids is 1. The molecule has 0 spiro atoms. The number of alkyl halides is 6. The van der Waals surface area contributed by atoms with Gasteiger partial charge in [-0.25, -0.2) is 13.4 Å². The van der Waals surface area contributed by atoms with E-state index in [-0.39, 0.29) is 64.8 Å². The molecule has 3 aromatic carbocycles. The van der Waals surface area contributed by atoms with E-state index in [4.69, 9.17) is 0 Å². The summed E-state index contributed by atoms with van der Waals surface area (Å²) in [7, 11) is -3.76. The molecule has 0 saturated carbocycles. The lowest BCUT2D eigenvalue weighted by Crippen LogP contribution is -2.37. The summed E-state index contributed by atoms with van der Waals surface area (Å²) in [5.74, 6) is -0.0801. The molecule has 5 rings (SSSR count). The third-order valence-electron chi connectivity index (χ3n) is 7.75. The van der Waals surface area contributed by atoms with E-state index in [0.717, 1.165) is 5.56 Å². The second-order valence-corrected chi connectivity index (χ2v) is 13.1. The number of fused-ring (bicyclic) bond motifs is 1. The van der Waals surface area contributed by atoms with Gasteiger partial charge in [0.2, 0.25) is 10.0 Å². The molecule has 45 heavy (non-hydrogen) atoms. The molecule has 1 amide bonds. The van der Waals surface area contributed by atoms with Crippen LogP contribution in [0.2, 0.25) is 0 Å². The van der Waals surface area contributed by atoms with E-state index in [0.29, 0.717) is 30.5 Å². The van der Waals surface area contributed by atoms with Gasteiger partial charge in [-0.05, 0) is 72.5 Å². The van der Waals surface area contributed by atoms with Crippen LogP contribution in [0.15, 0.2) is 77.7 Å². The summed E-state index contributed by atoms with van der Waals surface area (Å²) in [4.78, 5) is 19.4. The number of pyridine rings is 1. The number of hydrogen-bond acceptors (Lipinski definition) is 4. The molecule has 0 unspecified atom stereocenters. The largest absolute Gasteiger partial charge is 0.416 e. The summed E-state index contributed by atoms with van der Waals surface area (Å²) in [5.41, 5.74) is -1.74. The molecule has 4 aromatic rings. The SMILES string of the molecule is CC(C)c1ccc(S(=O)(=O)N2CCCN(C(=O)c3ccc4nc(-c5cc(C(F)(F)F)cc(C(F)(F)F)c5)ccc4c3)CC2)cc1. The summed E-state index contributed by atoms with van der Waals surface area (Å²) in [6.07, 6.45) is -9.56. The van der Waals surface area contributed by atoms with Crippen LogP contribution in [0.4, 0.5) is 26.3 Å². The van der Waals surface area contributed by atoms with Crippen molar-refractivity contribution >= 4 is 26.8 Å². The highest BCUT2D eigenvalue weighted by Crippen LogP contribution is 2.38. The molecule has 6 nitrogen and oxygen atoms in total. The highest BCUT2D eigenvalue weighted by molar-refractivity contribution is 7.89. The summed E-state index contributed by atoms with van der Waals surface area (Å²) >= 11 is 0. The number of nitrogens with zero attached hydrogens (tertiary/aromatic N) is 3. The van der Waals surface area contributed by atoms with Gasteiger partial charge >= 0.3 is 12.4 Å². The van der Waals surface area contributed by atoms with Crippen LogP contribution in [0.25, 0.3) is 22.2 Å². The minimum Gasteiger partial charge on any atom is -0.337 e. The van der Waals surface area contributed by atoms with Crippen LogP contribution in [0.1, 0.15) is 53.2 Å². The van der Waals surface area contributed by atoms with Crippen molar-refractivity contribution in [1.29, 1.82) is 0 Å². The quantitative estimate of drug-likeness (QED) is 0.209. The van der Waals surface area contributed by atoms with E-state index in [2.05, 4.69) is 4.98 Å². The normalized spacial score (nSPS) is 15.4. The third kappa shape index (κ3) is 6.99. The number of carbonyl (C=O) groups is 1. The first-order valence-electron chi connectivity index (χ1n) is 14.1. The number of halogens is 6. The standard InChI is InChI=1S/C32H29F6N3O3S/c1-20(2)21-4-8-27(9-5-21)45(43,44)41-13-3-12-40(14-15-41)30(42)23-7-11-28-22(16-23)6-10-29(39-28)24-17-25(31(33,34)35)19-26(18-24)32(36,37)38/h4-11,16-20H,3,12-15H2,1-2H3. The fraction of sp³-hybridized carbons (Fsp3) is 0.312. The number of sulfonamides is 1. The molecule has 0 N–H and O–H groups in total. The zero-order valence-electron chi connectivity index (χ0n) is 24.3. The first-order chi connectivity index (χ1) is 21.0. The van der Waals surface area contributed by atoms with Crippen molar-refractivity contribution in [3.63, 3.8) is 0 Å². The van der Waals surface area contributed by atoms with E-state index in [1.54, 1.807) is 29.2 Å². The number of aromatic nitrogens is 1. The molecule has 0 radical (unpaired) electrons. The van der Waals surface area contributed by atoms with Gasteiger partial charge in [0.1, 0.15) is 0 Å². The van der Waals surface area contributed by atoms with Crippen LogP contribution < -0.4 is 0 Å². The van der Waals surface area contributed by atoms with Gasteiger partial charge in [0.05, 0.1) is 27.2 Å². The Kier molecular flexibility index (Phi) is 8.71. The molecule has 2 heterocycles. The van der Waals surface area contributed by atoms with Crippen molar-refractivity contribution in [2.24, 2.45) is 0 Å². The predicted molar refractivity (Wildman–Crippen MR) is 157 cm³/mol. The van der Waals surface area contributed by atoms with Gasteiger partial charge in [-0.3, -0.25) is 4.79 Å². The molecule has 0 aliphatic carbocycles. The maximum atomic E-state index is 13.4. The van der Waals surface area contributed by atoms with Crippen LogP contribution in [-0.2, 0) is 22.4 Å². The molecule has 13 heteroatoms. The Bertz CT molecular complexity index is 1810. The van der Waals surface area contributed by atoms with Gasteiger partial charge in [0.15, 0.2) is 0 Å².